The van der Waals surface area contributed by atoms with E-state index in [0.29, 0.717) is 0 Å². The highest BCUT2D eigenvalue weighted by atomic mass is 14.9. The number of pyridine rings is 1. The van der Waals surface area contributed by atoms with Gasteiger partial charge in [0, 0.05) is 16.7 Å². The van der Waals surface area contributed by atoms with E-state index in [1.807, 2.05) is 0 Å². The Hall–Kier alpha value is -1.63. The molecular weight excluding hydrogens is 242 g/mol. The lowest BCUT2D eigenvalue weighted by Crippen LogP contribution is -2.33. The van der Waals surface area contributed by atoms with Crippen LogP contribution in [-0.4, -0.2) is 0 Å². The molecule has 0 aliphatic carbocycles. The summed E-state index contributed by atoms with van der Waals surface area (Å²) in [5.41, 5.74) is 12.5. The molecular formula is C19H26N+. The fourth-order valence-electron chi connectivity index (χ4n) is 3.04. The topological polar surface area (TPSA) is 3.88 Å². The molecule has 106 valence electrons. The molecule has 2 aromatic rings. The van der Waals surface area contributed by atoms with Gasteiger partial charge in [0.25, 0.3) is 0 Å². The van der Waals surface area contributed by atoms with Crippen LogP contribution in [0.25, 0.3) is 11.3 Å². The zero-order valence-corrected chi connectivity index (χ0v) is 14.1. The third-order valence-electron chi connectivity index (χ3n) is 4.99. The average molecular weight is 268 g/mol. The SMILES string of the molecule is Cc1cc(-c2c(C)c(C)c(C)c[n+]2C)c(C)c(C)c1C. The van der Waals surface area contributed by atoms with Crippen LogP contribution in [0.1, 0.15) is 38.9 Å². The van der Waals surface area contributed by atoms with Gasteiger partial charge in [-0.1, -0.05) is 0 Å². The Morgan fingerprint density at radius 1 is 0.650 bits per heavy atom. The Balaban J connectivity index is 2.86. The van der Waals surface area contributed by atoms with Gasteiger partial charge in [-0.25, -0.2) is 4.57 Å². The van der Waals surface area contributed by atoms with Gasteiger partial charge in [-0.15, -0.1) is 0 Å². The Labute approximate surface area is 123 Å². The molecule has 1 heterocycles. The maximum Gasteiger partial charge on any atom is 0.215 e. The molecule has 0 unspecified atom stereocenters. The normalized spacial score (nSPS) is 11.0. The second-order valence-electron chi connectivity index (χ2n) is 6.14. The van der Waals surface area contributed by atoms with Crippen molar-refractivity contribution in [2.75, 3.05) is 0 Å². The summed E-state index contributed by atoms with van der Waals surface area (Å²) in [6.45, 7) is 15.5. The Morgan fingerprint density at radius 3 is 1.80 bits per heavy atom. The molecule has 0 fully saturated rings. The van der Waals surface area contributed by atoms with E-state index in [9.17, 15) is 0 Å². The van der Waals surface area contributed by atoms with Gasteiger partial charge in [-0.3, -0.25) is 0 Å². The van der Waals surface area contributed by atoms with Gasteiger partial charge in [0.05, 0.1) is 0 Å². The van der Waals surface area contributed by atoms with Crippen LogP contribution in [0, 0.1) is 48.5 Å². The number of aryl methyl sites for hydroxylation is 3. The first-order valence-electron chi connectivity index (χ1n) is 7.30. The summed E-state index contributed by atoms with van der Waals surface area (Å²) in [6.07, 6.45) is 2.24. The van der Waals surface area contributed by atoms with Gasteiger partial charge in [0.15, 0.2) is 6.20 Å². The lowest BCUT2D eigenvalue weighted by molar-refractivity contribution is -0.661. The predicted octanol–water partition coefficient (Wildman–Crippen LogP) is 4.34. The molecule has 2 rings (SSSR count). The quantitative estimate of drug-likeness (QED) is 0.678. The predicted molar refractivity (Wildman–Crippen MR) is 86.2 cm³/mol. The first-order valence-corrected chi connectivity index (χ1v) is 7.30. The van der Waals surface area contributed by atoms with E-state index in [0.717, 1.165) is 0 Å². The third kappa shape index (κ3) is 2.15. The number of rotatable bonds is 1. The van der Waals surface area contributed by atoms with Crippen molar-refractivity contribution in [1.82, 2.24) is 0 Å². The summed E-state index contributed by atoms with van der Waals surface area (Å²) >= 11 is 0. The van der Waals surface area contributed by atoms with Crippen LogP contribution in [0.5, 0.6) is 0 Å². The van der Waals surface area contributed by atoms with Crippen LogP contribution in [0.4, 0.5) is 0 Å². The minimum absolute atomic E-state index is 1.34. The minimum Gasteiger partial charge on any atom is -0.201 e. The Kier molecular flexibility index (Phi) is 3.73. The zero-order valence-electron chi connectivity index (χ0n) is 14.1. The van der Waals surface area contributed by atoms with Crippen LogP contribution in [0.2, 0.25) is 0 Å². The molecule has 0 bridgehead atoms. The number of hydrogen-bond acceptors (Lipinski definition) is 0. The maximum atomic E-state index is 2.34. The minimum atomic E-state index is 1.34. The molecule has 1 aromatic carbocycles. The molecule has 1 heteroatoms. The number of hydrogen-bond donors (Lipinski definition) is 0. The van der Waals surface area contributed by atoms with Crippen LogP contribution in [-0.2, 0) is 7.05 Å². The van der Waals surface area contributed by atoms with Gasteiger partial charge < -0.3 is 0 Å². The molecule has 0 N–H and O–H groups in total. The van der Waals surface area contributed by atoms with E-state index in [1.165, 1.54) is 50.2 Å². The second-order valence-corrected chi connectivity index (χ2v) is 6.14. The number of nitrogens with zero attached hydrogens (tertiary/aromatic N) is 1. The molecule has 0 amide bonds. The zero-order chi connectivity index (χ0) is 15.2. The van der Waals surface area contributed by atoms with Crippen molar-refractivity contribution in [2.24, 2.45) is 7.05 Å². The first kappa shape index (κ1) is 14.8. The van der Waals surface area contributed by atoms with Crippen molar-refractivity contribution in [3.8, 4) is 11.3 Å². The van der Waals surface area contributed by atoms with Crippen molar-refractivity contribution in [2.45, 2.75) is 48.5 Å². The van der Waals surface area contributed by atoms with E-state index in [4.69, 9.17) is 0 Å². The van der Waals surface area contributed by atoms with Crippen LogP contribution in [0.3, 0.4) is 0 Å². The molecule has 0 saturated carbocycles. The Morgan fingerprint density at radius 2 is 1.20 bits per heavy atom. The van der Waals surface area contributed by atoms with Crippen molar-refractivity contribution < 1.29 is 4.57 Å². The second kappa shape index (κ2) is 5.05. The van der Waals surface area contributed by atoms with Crippen molar-refractivity contribution in [3.05, 3.63) is 51.2 Å². The van der Waals surface area contributed by atoms with Gasteiger partial charge in [-0.2, -0.15) is 0 Å². The third-order valence-corrected chi connectivity index (χ3v) is 4.99. The van der Waals surface area contributed by atoms with Gasteiger partial charge in [0.2, 0.25) is 5.69 Å². The van der Waals surface area contributed by atoms with Crippen LogP contribution < -0.4 is 4.57 Å². The highest BCUT2D eigenvalue weighted by Crippen LogP contribution is 2.31. The summed E-state index contributed by atoms with van der Waals surface area (Å²) in [6, 6.07) is 2.34. The van der Waals surface area contributed by atoms with Crippen molar-refractivity contribution >= 4 is 0 Å². The fourth-order valence-corrected chi connectivity index (χ4v) is 3.04. The molecule has 1 nitrogen and oxygen atoms in total. The summed E-state index contributed by atoms with van der Waals surface area (Å²) in [5.74, 6) is 0. The smallest absolute Gasteiger partial charge is 0.201 e. The lowest BCUT2D eigenvalue weighted by Gasteiger charge is -2.16. The molecule has 20 heavy (non-hydrogen) atoms. The molecule has 0 aliphatic rings. The van der Waals surface area contributed by atoms with E-state index < -0.39 is 0 Å². The molecule has 0 spiro atoms. The van der Waals surface area contributed by atoms with Gasteiger partial charge in [-0.05, 0) is 82.3 Å². The Bertz CT molecular complexity index is 694. The van der Waals surface area contributed by atoms with Crippen molar-refractivity contribution in [3.63, 3.8) is 0 Å². The largest absolute Gasteiger partial charge is 0.215 e. The van der Waals surface area contributed by atoms with Crippen LogP contribution in [0.15, 0.2) is 12.3 Å². The van der Waals surface area contributed by atoms with Crippen molar-refractivity contribution in [1.29, 1.82) is 0 Å². The van der Waals surface area contributed by atoms with Crippen LogP contribution >= 0.6 is 0 Å². The monoisotopic (exact) mass is 268 g/mol. The summed E-state index contributed by atoms with van der Waals surface area (Å²) in [5, 5.41) is 0. The van der Waals surface area contributed by atoms with Gasteiger partial charge in [0.1, 0.15) is 7.05 Å². The average Bonchev–Trinajstić information content (AvgIpc) is 2.39. The lowest BCUT2D eigenvalue weighted by atomic mass is 9.90. The maximum absolute atomic E-state index is 2.34. The molecule has 1 aromatic heterocycles. The molecule has 0 radical (unpaired) electrons. The van der Waals surface area contributed by atoms with Gasteiger partial charge >= 0.3 is 0 Å². The number of benzene rings is 1. The summed E-state index contributed by atoms with van der Waals surface area (Å²) in [7, 11) is 2.15. The first-order chi connectivity index (χ1) is 9.25. The summed E-state index contributed by atoms with van der Waals surface area (Å²) in [4.78, 5) is 0. The molecule has 0 atom stereocenters. The van der Waals surface area contributed by atoms with E-state index in [-0.39, 0.29) is 0 Å². The molecule has 0 saturated heterocycles. The molecule has 0 aliphatic heterocycles. The standard InChI is InChI=1S/C19H26N/c1-11-9-18(16(6)15(5)13(11)3)19-17(7)14(4)12(2)10-20(19)8/h9-10H,1-8H3/q+1. The number of aromatic nitrogens is 1. The van der Waals surface area contributed by atoms with E-state index >= 15 is 0 Å². The highest BCUT2D eigenvalue weighted by Gasteiger charge is 2.21. The summed E-state index contributed by atoms with van der Waals surface area (Å²) < 4.78 is 2.27. The van der Waals surface area contributed by atoms with E-state index in [2.05, 4.69) is 72.3 Å². The highest BCUT2D eigenvalue weighted by molar-refractivity contribution is 5.69. The van der Waals surface area contributed by atoms with E-state index in [1.54, 1.807) is 0 Å². The fraction of sp³-hybridized carbons (Fsp3) is 0.421.